The molecule has 2 unspecified atom stereocenters. The second-order valence-electron chi connectivity index (χ2n) is 14.8. The average molecular weight is 692 g/mol. The lowest BCUT2D eigenvalue weighted by Gasteiger charge is -2.42. The summed E-state index contributed by atoms with van der Waals surface area (Å²) in [6.07, 6.45) is 1.98. The number of rotatable bonds is 5. The van der Waals surface area contributed by atoms with Crippen LogP contribution >= 0.6 is 0 Å². The number of anilines is 3. The molecule has 0 saturated carbocycles. The monoisotopic (exact) mass is 691 g/mol. The first-order valence-corrected chi connectivity index (χ1v) is 19.0. The molecule has 11 rings (SSSR count). The van der Waals surface area contributed by atoms with E-state index in [4.69, 9.17) is 4.74 Å². The van der Waals surface area contributed by atoms with Crippen molar-refractivity contribution in [2.24, 2.45) is 0 Å². The van der Waals surface area contributed by atoms with Crippen molar-refractivity contribution in [1.29, 1.82) is 0 Å². The fourth-order valence-corrected chi connectivity index (χ4v) is 9.72. The van der Waals surface area contributed by atoms with Crippen LogP contribution < -0.4 is 9.64 Å². The van der Waals surface area contributed by atoms with Crippen LogP contribution in [0.4, 0.5) is 17.1 Å². The molecule has 1 aliphatic heterocycles. The molecule has 0 bridgehead atoms. The molecule has 0 amide bonds. The highest BCUT2D eigenvalue weighted by Gasteiger charge is 2.52. The molecule has 2 aliphatic carbocycles. The summed E-state index contributed by atoms with van der Waals surface area (Å²) in [7, 11) is 0. The highest BCUT2D eigenvalue weighted by Crippen LogP contribution is 2.65. The predicted molar refractivity (Wildman–Crippen MR) is 221 cm³/mol. The lowest BCUT2D eigenvalue weighted by atomic mass is 9.64. The Bertz CT molecular complexity index is 2660. The van der Waals surface area contributed by atoms with Crippen LogP contribution in [0.1, 0.15) is 44.9 Å². The zero-order valence-electron chi connectivity index (χ0n) is 29.8. The van der Waals surface area contributed by atoms with Crippen LogP contribution in [0.15, 0.2) is 194 Å². The maximum absolute atomic E-state index is 7.25. The van der Waals surface area contributed by atoms with Crippen molar-refractivity contribution in [3.8, 4) is 33.8 Å². The molecule has 2 heteroatoms. The second kappa shape index (κ2) is 12.2. The number of hydrogen-bond acceptors (Lipinski definition) is 2. The van der Waals surface area contributed by atoms with Crippen LogP contribution in [-0.4, -0.2) is 0 Å². The summed E-state index contributed by atoms with van der Waals surface area (Å²) in [5.74, 6) is 2.23. The molecular formula is C52H37NO. The molecule has 0 radical (unpaired) electrons. The fraction of sp³-hybridized carbons (Fsp3) is 0.0769. The summed E-state index contributed by atoms with van der Waals surface area (Å²) in [6, 6.07) is 71.0. The molecule has 1 spiro atoms. The summed E-state index contributed by atoms with van der Waals surface area (Å²) in [6.45, 7) is 0. The summed E-state index contributed by atoms with van der Waals surface area (Å²) in [5, 5.41) is 0. The fourth-order valence-electron chi connectivity index (χ4n) is 9.72. The van der Waals surface area contributed by atoms with E-state index >= 15 is 0 Å². The van der Waals surface area contributed by atoms with Crippen molar-refractivity contribution in [1.82, 2.24) is 0 Å². The molecule has 0 N–H and O–H groups in total. The quantitative estimate of drug-likeness (QED) is 0.178. The van der Waals surface area contributed by atoms with E-state index < -0.39 is 5.41 Å². The van der Waals surface area contributed by atoms with Crippen molar-refractivity contribution in [3.63, 3.8) is 0 Å². The normalized spacial score (nSPS) is 16.9. The zero-order valence-corrected chi connectivity index (χ0v) is 29.8. The SMILES string of the molecule is c1ccc(CC2Cc3ccccc3-c3c2ccc2c3Oc3ccccc3C23c2ccccc2-c2ccc(N(c4ccccc4)c4ccccc4)cc23)cc1. The molecule has 8 aromatic rings. The molecule has 0 aromatic heterocycles. The van der Waals surface area contributed by atoms with Crippen LogP contribution in [-0.2, 0) is 18.3 Å². The average Bonchev–Trinajstić information content (AvgIpc) is 3.52. The summed E-state index contributed by atoms with van der Waals surface area (Å²) >= 11 is 0. The molecule has 3 aliphatic rings. The van der Waals surface area contributed by atoms with E-state index in [1.807, 2.05) is 0 Å². The topological polar surface area (TPSA) is 12.5 Å². The molecule has 0 fully saturated rings. The van der Waals surface area contributed by atoms with E-state index in [0.717, 1.165) is 41.4 Å². The Morgan fingerprint density at radius 1 is 0.481 bits per heavy atom. The van der Waals surface area contributed by atoms with Gasteiger partial charge in [0.05, 0.1) is 5.41 Å². The maximum atomic E-state index is 7.25. The Morgan fingerprint density at radius 3 is 1.85 bits per heavy atom. The Hall–Kier alpha value is -6.64. The van der Waals surface area contributed by atoms with Gasteiger partial charge < -0.3 is 9.64 Å². The maximum Gasteiger partial charge on any atom is 0.140 e. The van der Waals surface area contributed by atoms with Gasteiger partial charge in [0.2, 0.25) is 0 Å². The van der Waals surface area contributed by atoms with Gasteiger partial charge in [-0.1, -0.05) is 152 Å². The van der Waals surface area contributed by atoms with Gasteiger partial charge in [0.25, 0.3) is 0 Å². The minimum Gasteiger partial charge on any atom is -0.456 e. The first-order chi connectivity index (χ1) is 26.8. The summed E-state index contributed by atoms with van der Waals surface area (Å²) in [4.78, 5) is 2.38. The van der Waals surface area contributed by atoms with Gasteiger partial charge >= 0.3 is 0 Å². The minimum atomic E-state index is -0.596. The largest absolute Gasteiger partial charge is 0.456 e. The van der Waals surface area contributed by atoms with Gasteiger partial charge in [0, 0.05) is 33.8 Å². The van der Waals surface area contributed by atoms with Gasteiger partial charge in [-0.2, -0.15) is 0 Å². The lowest BCUT2D eigenvalue weighted by molar-refractivity contribution is 0.436. The predicted octanol–water partition coefficient (Wildman–Crippen LogP) is 13.2. The summed E-state index contributed by atoms with van der Waals surface area (Å²) in [5.41, 5.74) is 16.9. The molecule has 54 heavy (non-hydrogen) atoms. The molecular weight excluding hydrogens is 655 g/mol. The number of nitrogens with zero attached hydrogens (tertiary/aromatic N) is 1. The number of ether oxygens (including phenoxy) is 1. The molecule has 8 aromatic carbocycles. The van der Waals surface area contributed by atoms with E-state index in [2.05, 4.69) is 199 Å². The first-order valence-electron chi connectivity index (χ1n) is 19.0. The Balaban J connectivity index is 1.20. The zero-order chi connectivity index (χ0) is 35.6. The van der Waals surface area contributed by atoms with E-state index in [0.29, 0.717) is 5.92 Å². The number of fused-ring (bicyclic) bond motifs is 13. The van der Waals surface area contributed by atoms with Crippen molar-refractivity contribution in [2.45, 2.75) is 24.2 Å². The van der Waals surface area contributed by atoms with Crippen LogP contribution in [0.25, 0.3) is 22.3 Å². The van der Waals surface area contributed by atoms with Gasteiger partial charge in [0.15, 0.2) is 0 Å². The van der Waals surface area contributed by atoms with Gasteiger partial charge in [0.1, 0.15) is 11.5 Å². The highest BCUT2D eigenvalue weighted by atomic mass is 16.5. The molecule has 0 saturated heterocycles. The van der Waals surface area contributed by atoms with E-state index in [1.165, 1.54) is 61.2 Å². The van der Waals surface area contributed by atoms with Crippen LogP contribution in [0, 0.1) is 0 Å². The van der Waals surface area contributed by atoms with Gasteiger partial charge in [-0.15, -0.1) is 0 Å². The number of para-hydroxylation sites is 3. The third-order valence-electron chi connectivity index (χ3n) is 11.9. The van der Waals surface area contributed by atoms with Gasteiger partial charge in [-0.25, -0.2) is 0 Å². The Morgan fingerprint density at radius 2 is 1.09 bits per heavy atom. The third-order valence-corrected chi connectivity index (χ3v) is 11.9. The van der Waals surface area contributed by atoms with E-state index in [9.17, 15) is 0 Å². The van der Waals surface area contributed by atoms with Crippen LogP contribution in [0.2, 0.25) is 0 Å². The van der Waals surface area contributed by atoms with Crippen molar-refractivity contribution >= 4 is 17.1 Å². The first kappa shape index (κ1) is 30.9. The Labute approximate surface area is 316 Å². The van der Waals surface area contributed by atoms with Crippen molar-refractivity contribution in [3.05, 3.63) is 233 Å². The van der Waals surface area contributed by atoms with Crippen LogP contribution in [0.3, 0.4) is 0 Å². The minimum absolute atomic E-state index is 0.333. The third kappa shape index (κ3) is 4.53. The molecule has 1 heterocycles. The lowest BCUT2D eigenvalue weighted by Crippen LogP contribution is -2.33. The van der Waals surface area contributed by atoms with Crippen molar-refractivity contribution < 1.29 is 4.74 Å². The number of benzene rings is 8. The summed E-state index contributed by atoms with van der Waals surface area (Å²) < 4.78 is 7.25. The molecule has 256 valence electrons. The molecule has 2 atom stereocenters. The van der Waals surface area contributed by atoms with Crippen molar-refractivity contribution in [2.75, 3.05) is 4.90 Å². The van der Waals surface area contributed by atoms with Gasteiger partial charge in [-0.3, -0.25) is 0 Å². The standard InChI is InChI=1S/C52H37NO/c1-4-16-35(17-5-1)32-37-33-36-18-10-11-23-41(36)50-42(37)30-31-47-51(50)54-49-27-15-14-26-46(49)52(47)45-25-13-12-24-43(45)44-29-28-40(34-48(44)52)53(38-19-6-2-7-20-38)39-21-8-3-9-22-39/h1-31,34,37H,32-33H2. The Kier molecular flexibility index (Phi) is 7.00. The van der Waals surface area contributed by atoms with Gasteiger partial charge in [-0.05, 0) is 106 Å². The highest BCUT2D eigenvalue weighted by molar-refractivity contribution is 5.93. The van der Waals surface area contributed by atoms with E-state index in [-0.39, 0.29) is 0 Å². The van der Waals surface area contributed by atoms with E-state index in [1.54, 1.807) is 0 Å². The molecule has 2 nitrogen and oxygen atoms in total. The van der Waals surface area contributed by atoms with Crippen LogP contribution in [0.5, 0.6) is 11.5 Å². The smallest absolute Gasteiger partial charge is 0.140 e. The number of hydrogen-bond donors (Lipinski definition) is 0. The second-order valence-corrected chi connectivity index (χ2v) is 14.8.